The molecular weight excluding hydrogens is 240 g/mol. The fraction of sp³-hybridized carbons (Fsp3) is 0.562. The Morgan fingerprint density at radius 2 is 1.74 bits per heavy atom. The van der Waals surface area contributed by atoms with E-state index in [0.717, 1.165) is 17.7 Å². The Balaban J connectivity index is 2.27. The number of ether oxygens (including phenoxy) is 2. The van der Waals surface area contributed by atoms with Crippen LogP contribution in [0.2, 0.25) is 0 Å². The van der Waals surface area contributed by atoms with Gasteiger partial charge in [0, 0.05) is 5.41 Å². The summed E-state index contributed by atoms with van der Waals surface area (Å²) in [6.45, 7) is 8.26. The Morgan fingerprint density at radius 1 is 1.16 bits per heavy atom. The van der Waals surface area contributed by atoms with Gasteiger partial charge in [-0.15, -0.1) is 0 Å². The van der Waals surface area contributed by atoms with Gasteiger partial charge >= 0.3 is 5.97 Å². The normalized spacial score (nSPS) is 24.7. The number of carbonyl (C=O) groups excluding carboxylic acids is 1. The van der Waals surface area contributed by atoms with Gasteiger partial charge in [-0.05, 0) is 38.0 Å². The molecule has 0 saturated carbocycles. The molecule has 1 saturated heterocycles. The summed E-state index contributed by atoms with van der Waals surface area (Å²) in [5.74, 6) is 0.482. The first-order chi connectivity index (χ1) is 8.77. The topological polar surface area (TPSA) is 35.5 Å². The van der Waals surface area contributed by atoms with E-state index in [0.29, 0.717) is 0 Å². The van der Waals surface area contributed by atoms with Gasteiger partial charge < -0.3 is 9.47 Å². The number of esters is 1. The molecule has 19 heavy (non-hydrogen) atoms. The summed E-state index contributed by atoms with van der Waals surface area (Å²) in [5, 5.41) is 0. The molecule has 0 radical (unpaired) electrons. The number of carbonyl (C=O) groups is 1. The maximum absolute atomic E-state index is 12.2. The Hall–Kier alpha value is -1.51. The smallest absolute Gasteiger partial charge is 0.313 e. The lowest BCUT2D eigenvalue weighted by Crippen LogP contribution is -2.50. The predicted octanol–water partition coefficient (Wildman–Crippen LogP) is 3.53. The standard InChI is InChI=1S/C16H22O3/c1-15(2)10-13(14(17)19-16(15,3)4)11-6-8-12(18-5)9-7-11/h6-9,13H,10H2,1-5H3. The van der Waals surface area contributed by atoms with Gasteiger partial charge in [-0.25, -0.2) is 0 Å². The van der Waals surface area contributed by atoms with Crippen LogP contribution in [0.1, 0.15) is 45.6 Å². The number of hydrogen-bond donors (Lipinski definition) is 0. The summed E-state index contributed by atoms with van der Waals surface area (Å²) in [6, 6.07) is 7.66. The van der Waals surface area contributed by atoms with Gasteiger partial charge in [0.15, 0.2) is 0 Å². The van der Waals surface area contributed by atoms with Gasteiger partial charge in [0.25, 0.3) is 0 Å². The van der Waals surface area contributed by atoms with Crippen molar-refractivity contribution in [2.24, 2.45) is 5.41 Å². The molecule has 1 heterocycles. The van der Waals surface area contributed by atoms with E-state index in [4.69, 9.17) is 9.47 Å². The van der Waals surface area contributed by atoms with Crippen LogP contribution in [-0.4, -0.2) is 18.7 Å². The van der Waals surface area contributed by atoms with Crippen molar-refractivity contribution in [3.05, 3.63) is 29.8 Å². The summed E-state index contributed by atoms with van der Waals surface area (Å²) >= 11 is 0. The highest BCUT2D eigenvalue weighted by atomic mass is 16.6. The molecule has 1 aliphatic rings. The van der Waals surface area contributed by atoms with Crippen LogP contribution in [0.3, 0.4) is 0 Å². The van der Waals surface area contributed by atoms with Crippen molar-refractivity contribution in [1.29, 1.82) is 0 Å². The summed E-state index contributed by atoms with van der Waals surface area (Å²) in [7, 11) is 1.63. The van der Waals surface area contributed by atoms with Crippen LogP contribution >= 0.6 is 0 Å². The van der Waals surface area contributed by atoms with Crippen molar-refractivity contribution in [3.8, 4) is 5.75 Å². The SMILES string of the molecule is COc1ccc(C2CC(C)(C)C(C)(C)OC2=O)cc1. The molecule has 0 spiro atoms. The molecule has 3 nitrogen and oxygen atoms in total. The van der Waals surface area contributed by atoms with Crippen LogP contribution in [0.4, 0.5) is 0 Å². The zero-order valence-corrected chi connectivity index (χ0v) is 12.3. The van der Waals surface area contributed by atoms with Crippen LogP contribution in [0, 0.1) is 5.41 Å². The first-order valence-electron chi connectivity index (χ1n) is 6.64. The highest BCUT2D eigenvalue weighted by Crippen LogP contribution is 2.47. The number of methoxy groups -OCH3 is 1. The van der Waals surface area contributed by atoms with Crippen molar-refractivity contribution in [1.82, 2.24) is 0 Å². The van der Waals surface area contributed by atoms with Crippen molar-refractivity contribution in [2.45, 2.75) is 45.6 Å². The van der Waals surface area contributed by atoms with E-state index in [2.05, 4.69) is 13.8 Å². The Kier molecular flexibility index (Phi) is 3.33. The molecule has 2 rings (SSSR count). The molecule has 3 heteroatoms. The zero-order chi connectivity index (χ0) is 14.3. The lowest BCUT2D eigenvalue weighted by atomic mass is 9.68. The quantitative estimate of drug-likeness (QED) is 0.765. The molecule has 0 bridgehead atoms. The number of cyclic esters (lactones) is 1. The highest BCUT2D eigenvalue weighted by molar-refractivity contribution is 5.79. The van der Waals surface area contributed by atoms with Crippen LogP contribution in [0.15, 0.2) is 24.3 Å². The predicted molar refractivity (Wildman–Crippen MR) is 74.3 cm³/mol. The third-order valence-corrected chi connectivity index (χ3v) is 4.50. The molecule has 1 fully saturated rings. The molecule has 1 aromatic carbocycles. The zero-order valence-electron chi connectivity index (χ0n) is 12.3. The van der Waals surface area contributed by atoms with Gasteiger partial charge in [0.1, 0.15) is 11.4 Å². The Bertz CT molecular complexity index is 471. The van der Waals surface area contributed by atoms with E-state index in [-0.39, 0.29) is 17.3 Å². The number of rotatable bonds is 2. The van der Waals surface area contributed by atoms with Gasteiger partial charge in [0.2, 0.25) is 0 Å². The fourth-order valence-corrected chi connectivity index (χ4v) is 2.39. The molecule has 1 aliphatic heterocycles. The van der Waals surface area contributed by atoms with E-state index < -0.39 is 5.60 Å². The number of hydrogen-bond acceptors (Lipinski definition) is 3. The molecule has 0 aliphatic carbocycles. The molecule has 0 aromatic heterocycles. The summed E-state index contributed by atoms with van der Waals surface area (Å²) in [6.07, 6.45) is 0.797. The molecule has 1 atom stereocenters. The Labute approximate surface area is 114 Å². The third-order valence-electron chi connectivity index (χ3n) is 4.50. The van der Waals surface area contributed by atoms with E-state index in [1.54, 1.807) is 7.11 Å². The second kappa shape index (κ2) is 4.55. The average molecular weight is 262 g/mol. The van der Waals surface area contributed by atoms with Gasteiger partial charge in [-0.2, -0.15) is 0 Å². The first kappa shape index (κ1) is 13.9. The summed E-state index contributed by atoms with van der Waals surface area (Å²) in [5.41, 5.74) is 0.521. The van der Waals surface area contributed by atoms with Crippen LogP contribution in [-0.2, 0) is 9.53 Å². The van der Waals surface area contributed by atoms with Crippen molar-refractivity contribution in [3.63, 3.8) is 0 Å². The molecule has 104 valence electrons. The third kappa shape index (κ3) is 2.46. The van der Waals surface area contributed by atoms with Crippen molar-refractivity contribution >= 4 is 5.97 Å². The minimum Gasteiger partial charge on any atom is -0.497 e. The monoisotopic (exact) mass is 262 g/mol. The summed E-state index contributed by atoms with van der Waals surface area (Å²) in [4.78, 5) is 12.2. The highest BCUT2D eigenvalue weighted by Gasteiger charge is 2.48. The second-order valence-corrected chi connectivity index (χ2v) is 6.35. The maximum atomic E-state index is 12.2. The van der Waals surface area contributed by atoms with Crippen LogP contribution in [0.25, 0.3) is 0 Å². The van der Waals surface area contributed by atoms with Crippen LogP contribution < -0.4 is 4.74 Å². The first-order valence-corrected chi connectivity index (χ1v) is 6.64. The molecule has 0 N–H and O–H groups in total. The lowest BCUT2D eigenvalue weighted by molar-refractivity contribution is -0.184. The minimum absolute atomic E-state index is 0.0501. The second-order valence-electron chi connectivity index (χ2n) is 6.35. The van der Waals surface area contributed by atoms with Gasteiger partial charge in [-0.3, -0.25) is 4.79 Å². The summed E-state index contributed by atoms with van der Waals surface area (Å²) < 4.78 is 10.8. The average Bonchev–Trinajstić information content (AvgIpc) is 2.34. The van der Waals surface area contributed by atoms with E-state index >= 15 is 0 Å². The van der Waals surface area contributed by atoms with E-state index in [1.807, 2.05) is 38.1 Å². The Morgan fingerprint density at radius 3 is 2.26 bits per heavy atom. The van der Waals surface area contributed by atoms with Gasteiger partial charge in [-0.1, -0.05) is 26.0 Å². The number of benzene rings is 1. The van der Waals surface area contributed by atoms with E-state index in [1.165, 1.54) is 0 Å². The van der Waals surface area contributed by atoms with Crippen molar-refractivity contribution < 1.29 is 14.3 Å². The molecular formula is C16H22O3. The largest absolute Gasteiger partial charge is 0.497 e. The molecule has 0 amide bonds. The lowest BCUT2D eigenvalue weighted by Gasteiger charge is -2.47. The van der Waals surface area contributed by atoms with Gasteiger partial charge in [0.05, 0.1) is 13.0 Å². The minimum atomic E-state index is -0.424. The molecule has 1 unspecified atom stereocenters. The fourth-order valence-electron chi connectivity index (χ4n) is 2.39. The van der Waals surface area contributed by atoms with E-state index in [9.17, 15) is 4.79 Å². The van der Waals surface area contributed by atoms with Crippen LogP contribution in [0.5, 0.6) is 5.75 Å². The molecule has 1 aromatic rings. The van der Waals surface area contributed by atoms with Crippen molar-refractivity contribution in [2.75, 3.05) is 7.11 Å². The maximum Gasteiger partial charge on any atom is 0.313 e.